The van der Waals surface area contributed by atoms with Gasteiger partial charge in [-0.15, -0.1) is 11.8 Å². The van der Waals surface area contributed by atoms with Gasteiger partial charge in [-0.2, -0.15) is 0 Å². The Morgan fingerprint density at radius 1 is 1.10 bits per heavy atom. The molecular formula is C18H15NS2. The Bertz CT molecular complexity index is 702. The molecule has 1 nitrogen and oxygen atoms in total. The van der Waals surface area contributed by atoms with Gasteiger partial charge < -0.3 is 0 Å². The lowest BCUT2D eigenvalue weighted by atomic mass is 9.92. The van der Waals surface area contributed by atoms with Gasteiger partial charge in [0.2, 0.25) is 0 Å². The van der Waals surface area contributed by atoms with Crippen LogP contribution < -0.4 is 0 Å². The number of rotatable bonds is 4. The van der Waals surface area contributed by atoms with E-state index in [2.05, 4.69) is 70.8 Å². The number of thioether (sulfide) groups is 1. The van der Waals surface area contributed by atoms with Crippen molar-refractivity contribution in [3.63, 3.8) is 0 Å². The number of hydrogen-bond acceptors (Lipinski definition) is 3. The van der Waals surface area contributed by atoms with E-state index in [-0.39, 0.29) is 4.87 Å². The Hall–Kier alpha value is -1.67. The van der Waals surface area contributed by atoms with Crippen LogP contribution in [0.2, 0.25) is 0 Å². The van der Waals surface area contributed by atoms with Gasteiger partial charge in [0.05, 0.1) is 5.16 Å². The molecule has 0 radical (unpaired) electrons. The third kappa shape index (κ3) is 3.01. The lowest BCUT2D eigenvalue weighted by molar-refractivity contribution is 0.668. The van der Waals surface area contributed by atoms with Gasteiger partial charge in [0.1, 0.15) is 4.87 Å². The van der Waals surface area contributed by atoms with Gasteiger partial charge in [0.15, 0.2) is 0 Å². The van der Waals surface area contributed by atoms with Crippen LogP contribution >= 0.6 is 24.0 Å². The fourth-order valence-corrected chi connectivity index (χ4v) is 4.06. The Morgan fingerprint density at radius 2 is 1.86 bits per heavy atom. The standard InChI is InChI=1S/C18H15NS2/c20-14-19-18(21-13-15-7-2-1-3-8-15)12-6-10-16-9-4-5-11-17(16)18/h1-11H,12-13H2. The number of benzene rings is 2. The summed E-state index contributed by atoms with van der Waals surface area (Å²) in [5.74, 6) is 0.906. The molecule has 0 bridgehead atoms. The Morgan fingerprint density at radius 3 is 2.67 bits per heavy atom. The molecule has 0 fully saturated rings. The van der Waals surface area contributed by atoms with Crippen molar-refractivity contribution in [3.05, 3.63) is 77.4 Å². The first-order valence-corrected chi connectivity index (χ1v) is 8.26. The molecule has 3 rings (SSSR count). The molecule has 0 spiro atoms. The highest BCUT2D eigenvalue weighted by molar-refractivity contribution is 7.99. The van der Waals surface area contributed by atoms with Gasteiger partial charge in [-0.25, -0.2) is 4.99 Å². The molecule has 1 atom stereocenters. The molecule has 0 saturated heterocycles. The summed E-state index contributed by atoms with van der Waals surface area (Å²) in [4.78, 5) is 4.20. The van der Waals surface area contributed by atoms with Crippen LogP contribution in [0.15, 0.2) is 65.7 Å². The van der Waals surface area contributed by atoms with E-state index in [1.807, 2.05) is 17.8 Å². The van der Waals surface area contributed by atoms with E-state index < -0.39 is 0 Å². The predicted molar refractivity (Wildman–Crippen MR) is 94.5 cm³/mol. The van der Waals surface area contributed by atoms with Crippen molar-refractivity contribution in [2.24, 2.45) is 4.99 Å². The molecule has 0 amide bonds. The summed E-state index contributed by atoms with van der Waals surface area (Å²) < 4.78 is 0. The summed E-state index contributed by atoms with van der Waals surface area (Å²) >= 11 is 6.73. The van der Waals surface area contributed by atoms with Crippen LogP contribution in [0.5, 0.6) is 0 Å². The molecule has 2 aromatic rings. The average Bonchev–Trinajstić information content (AvgIpc) is 2.55. The largest absolute Gasteiger partial charge is 0.209 e. The van der Waals surface area contributed by atoms with Crippen LogP contribution in [0.25, 0.3) is 6.08 Å². The summed E-state index contributed by atoms with van der Waals surface area (Å²) in [6.07, 6.45) is 5.19. The lowest BCUT2D eigenvalue weighted by Gasteiger charge is -2.31. The summed E-state index contributed by atoms with van der Waals surface area (Å²) in [7, 11) is 0. The zero-order valence-corrected chi connectivity index (χ0v) is 13.2. The van der Waals surface area contributed by atoms with Crippen LogP contribution in [0.3, 0.4) is 0 Å². The number of isothiocyanates is 1. The molecule has 104 valence electrons. The van der Waals surface area contributed by atoms with E-state index in [0.29, 0.717) is 0 Å². The third-order valence-electron chi connectivity index (χ3n) is 3.62. The molecule has 0 heterocycles. The van der Waals surface area contributed by atoms with Crippen molar-refractivity contribution in [2.75, 3.05) is 0 Å². The van der Waals surface area contributed by atoms with Crippen molar-refractivity contribution >= 4 is 35.2 Å². The first-order valence-electron chi connectivity index (χ1n) is 6.87. The molecular weight excluding hydrogens is 294 g/mol. The molecule has 1 aliphatic rings. The smallest absolute Gasteiger partial charge is 0.145 e. The van der Waals surface area contributed by atoms with Gasteiger partial charge in [0.25, 0.3) is 0 Å². The molecule has 3 heteroatoms. The monoisotopic (exact) mass is 309 g/mol. The summed E-state index contributed by atoms with van der Waals surface area (Å²) in [6, 6.07) is 18.9. The lowest BCUT2D eigenvalue weighted by Crippen LogP contribution is -2.22. The highest BCUT2D eigenvalue weighted by Gasteiger charge is 2.34. The molecule has 0 N–H and O–H groups in total. The normalized spacial score (nSPS) is 19.6. The van der Waals surface area contributed by atoms with Crippen LogP contribution in [-0.4, -0.2) is 5.16 Å². The van der Waals surface area contributed by atoms with Crippen LogP contribution in [-0.2, 0) is 10.6 Å². The molecule has 21 heavy (non-hydrogen) atoms. The number of nitrogens with zero attached hydrogens (tertiary/aromatic N) is 1. The van der Waals surface area contributed by atoms with Gasteiger partial charge in [0, 0.05) is 12.2 Å². The zero-order chi connectivity index (χ0) is 14.5. The maximum Gasteiger partial charge on any atom is 0.145 e. The quantitative estimate of drug-likeness (QED) is 0.562. The second kappa shape index (κ2) is 6.40. The number of thiocarbonyl (C=S) groups is 1. The van der Waals surface area contributed by atoms with Crippen molar-refractivity contribution in [1.82, 2.24) is 0 Å². The van der Waals surface area contributed by atoms with Crippen molar-refractivity contribution < 1.29 is 0 Å². The highest BCUT2D eigenvalue weighted by atomic mass is 32.2. The number of aliphatic imine (C=N–C) groups is 1. The highest BCUT2D eigenvalue weighted by Crippen LogP contribution is 2.46. The van der Waals surface area contributed by atoms with Crippen LogP contribution in [0.4, 0.5) is 0 Å². The van der Waals surface area contributed by atoms with Gasteiger partial charge in [-0.05, 0) is 28.9 Å². The van der Waals surface area contributed by atoms with E-state index in [1.165, 1.54) is 16.7 Å². The fourth-order valence-electron chi connectivity index (χ4n) is 2.58. The maximum absolute atomic E-state index is 4.91. The van der Waals surface area contributed by atoms with Crippen molar-refractivity contribution in [2.45, 2.75) is 17.0 Å². The topological polar surface area (TPSA) is 12.4 Å². The van der Waals surface area contributed by atoms with Gasteiger partial charge >= 0.3 is 0 Å². The Kier molecular flexibility index (Phi) is 4.35. The van der Waals surface area contributed by atoms with E-state index in [9.17, 15) is 0 Å². The van der Waals surface area contributed by atoms with E-state index in [0.717, 1.165) is 12.2 Å². The van der Waals surface area contributed by atoms with Gasteiger partial charge in [-0.3, -0.25) is 0 Å². The SMILES string of the molecule is S=C=NC1(SCc2ccccc2)CC=Cc2ccccc21. The third-order valence-corrected chi connectivity index (χ3v) is 5.14. The second-order valence-corrected chi connectivity index (χ2v) is 6.39. The summed E-state index contributed by atoms with van der Waals surface area (Å²) in [6.45, 7) is 0. The van der Waals surface area contributed by atoms with Crippen LogP contribution in [0.1, 0.15) is 23.1 Å². The minimum absolute atomic E-state index is 0.344. The minimum atomic E-state index is -0.344. The van der Waals surface area contributed by atoms with Gasteiger partial charge in [-0.1, -0.05) is 66.7 Å². The Labute approximate surface area is 134 Å². The maximum atomic E-state index is 4.91. The Balaban J connectivity index is 1.94. The van der Waals surface area contributed by atoms with E-state index >= 15 is 0 Å². The number of fused-ring (bicyclic) bond motifs is 1. The fraction of sp³-hybridized carbons (Fsp3) is 0.167. The predicted octanol–water partition coefficient (Wildman–Crippen LogP) is 5.29. The summed E-state index contributed by atoms with van der Waals surface area (Å²) in [5, 5.41) is 2.61. The van der Waals surface area contributed by atoms with Crippen molar-refractivity contribution in [3.8, 4) is 0 Å². The molecule has 2 aromatic carbocycles. The second-order valence-electron chi connectivity index (χ2n) is 4.96. The van der Waals surface area contributed by atoms with Crippen molar-refractivity contribution in [1.29, 1.82) is 0 Å². The van der Waals surface area contributed by atoms with E-state index in [1.54, 1.807) is 0 Å². The molecule has 0 saturated carbocycles. The zero-order valence-electron chi connectivity index (χ0n) is 11.5. The first-order chi connectivity index (χ1) is 10.3. The average molecular weight is 309 g/mol. The number of hydrogen-bond donors (Lipinski definition) is 0. The molecule has 1 unspecified atom stereocenters. The molecule has 0 aliphatic heterocycles. The first kappa shape index (κ1) is 14.3. The van der Waals surface area contributed by atoms with E-state index in [4.69, 9.17) is 12.2 Å². The molecule has 1 aliphatic carbocycles. The molecule has 0 aromatic heterocycles. The van der Waals surface area contributed by atoms with Crippen LogP contribution in [0, 0.1) is 0 Å². The minimum Gasteiger partial charge on any atom is -0.209 e. The summed E-state index contributed by atoms with van der Waals surface area (Å²) in [5.41, 5.74) is 3.75.